The van der Waals surface area contributed by atoms with Gasteiger partial charge < -0.3 is 11.1 Å². The third-order valence-electron chi connectivity index (χ3n) is 2.04. The van der Waals surface area contributed by atoms with E-state index in [1.165, 1.54) is 0 Å². The SMILES string of the molecule is Cc1cnn(CCNC(=O)CC(C)(C)N)c1. The largest absolute Gasteiger partial charge is 0.354 e. The van der Waals surface area contributed by atoms with Gasteiger partial charge in [-0.25, -0.2) is 0 Å². The van der Waals surface area contributed by atoms with E-state index < -0.39 is 5.54 Å². The zero-order valence-electron chi connectivity index (χ0n) is 10.2. The second kappa shape index (κ2) is 5.12. The second-order valence-electron chi connectivity index (χ2n) is 4.80. The number of hydrogen-bond acceptors (Lipinski definition) is 3. The van der Waals surface area contributed by atoms with Crippen molar-refractivity contribution in [2.45, 2.75) is 39.3 Å². The maximum Gasteiger partial charge on any atom is 0.221 e. The highest BCUT2D eigenvalue weighted by Crippen LogP contribution is 2.02. The van der Waals surface area contributed by atoms with Crippen LogP contribution in [0.3, 0.4) is 0 Å². The molecule has 5 nitrogen and oxygen atoms in total. The van der Waals surface area contributed by atoms with Crippen molar-refractivity contribution in [3.63, 3.8) is 0 Å². The first-order chi connectivity index (χ1) is 7.37. The number of hydrogen-bond donors (Lipinski definition) is 2. The predicted molar refractivity (Wildman–Crippen MR) is 62.9 cm³/mol. The molecule has 0 aromatic carbocycles. The number of nitrogens with two attached hydrogens (primary N) is 1. The summed E-state index contributed by atoms with van der Waals surface area (Å²) < 4.78 is 1.81. The minimum Gasteiger partial charge on any atom is -0.354 e. The molecule has 0 aliphatic carbocycles. The zero-order valence-corrected chi connectivity index (χ0v) is 10.2. The molecular formula is C11H20N4O. The highest BCUT2D eigenvalue weighted by atomic mass is 16.1. The van der Waals surface area contributed by atoms with Gasteiger partial charge in [0.2, 0.25) is 5.91 Å². The van der Waals surface area contributed by atoms with E-state index in [-0.39, 0.29) is 5.91 Å². The minimum atomic E-state index is -0.452. The van der Waals surface area contributed by atoms with Crippen molar-refractivity contribution < 1.29 is 4.79 Å². The standard InChI is InChI=1S/C11H20N4O/c1-9-7-14-15(8-9)5-4-13-10(16)6-11(2,3)12/h7-8H,4-6,12H2,1-3H3,(H,13,16). The van der Waals surface area contributed by atoms with Crippen LogP contribution in [-0.4, -0.2) is 27.8 Å². The van der Waals surface area contributed by atoms with E-state index in [1.807, 2.05) is 31.6 Å². The molecule has 0 atom stereocenters. The van der Waals surface area contributed by atoms with Crippen molar-refractivity contribution in [3.05, 3.63) is 18.0 Å². The van der Waals surface area contributed by atoms with Crippen molar-refractivity contribution in [1.29, 1.82) is 0 Å². The topological polar surface area (TPSA) is 72.9 Å². The van der Waals surface area contributed by atoms with Gasteiger partial charge in [-0.3, -0.25) is 9.48 Å². The number of nitrogens with one attached hydrogen (secondary N) is 1. The van der Waals surface area contributed by atoms with Gasteiger partial charge in [-0.2, -0.15) is 5.10 Å². The van der Waals surface area contributed by atoms with Gasteiger partial charge in [0.1, 0.15) is 0 Å². The summed E-state index contributed by atoms with van der Waals surface area (Å²) in [5.41, 5.74) is 6.41. The maximum atomic E-state index is 11.4. The quantitative estimate of drug-likeness (QED) is 0.762. The lowest BCUT2D eigenvalue weighted by molar-refractivity contribution is -0.122. The Morgan fingerprint density at radius 2 is 2.31 bits per heavy atom. The fourth-order valence-electron chi connectivity index (χ4n) is 1.38. The number of aryl methyl sites for hydroxylation is 1. The van der Waals surface area contributed by atoms with Gasteiger partial charge in [0.15, 0.2) is 0 Å². The van der Waals surface area contributed by atoms with Gasteiger partial charge in [0.25, 0.3) is 0 Å². The van der Waals surface area contributed by atoms with E-state index in [0.29, 0.717) is 19.5 Å². The summed E-state index contributed by atoms with van der Waals surface area (Å²) >= 11 is 0. The smallest absolute Gasteiger partial charge is 0.221 e. The summed E-state index contributed by atoms with van der Waals surface area (Å²) in [5, 5.41) is 6.95. The average Bonchev–Trinajstić information content (AvgIpc) is 2.48. The van der Waals surface area contributed by atoms with Crippen molar-refractivity contribution in [3.8, 4) is 0 Å². The van der Waals surface area contributed by atoms with Crippen LogP contribution in [0.2, 0.25) is 0 Å². The molecule has 0 radical (unpaired) electrons. The van der Waals surface area contributed by atoms with Crippen LogP contribution in [-0.2, 0) is 11.3 Å². The Kier molecular flexibility index (Phi) is 4.06. The van der Waals surface area contributed by atoms with Gasteiger partial charge in [0.05, 0.1) is 12.7 Å². The zero-order chi connectivity index (χ0) is 12.2. The molecule has 0 saturated heterocycles. The van der Waals surface area contributed by atoms with Gasteiger partial charge in [-0.1, -0.05) is 0 Å². The average molecular weight is 224 g/mol. The molecule has 90 valence electrons. The third kappa shape index (κ3) is 4.93. The van der Waals surface area contributed by atoms with Gasteiger partial charge in [-0.05, 0) is 26.3 Å². The molecule has 0 spiro atoms. The number of rotatable bonds is 5. The molecule has 1 aromatic rings. The maximum absolute atomic E-state index is 11.4. The van der Waals surface area contributed by atoms with E-state index in [1.54, 1.807) is 6.20 Å². The number of carbonyl (C=O) groups excluding carboxylic acids is 1. The molecule has 0 aliphatic heterocycles. The lowest BCUT2D eigenvalue weighted by atomic mass is 10.0. The van der Waals surface area contributed by atoms with Crippen LogP contribution in [0, 0.1) is 6.92 Å². The predicted octanol–water partition coefficient (Wildman–Crippen LogP) is 0.435. The number of nitrogens with zero attached hydrogens (tertiary/aromatic N) is 2. The van der Waals surface area contributed by atoms with Crippen LogP contribution >= 0.6 is 0 Å². The van der Waals surface area contributed by atoms with Crippen molar-refractivity contribution in [1.82, 2.24) is 15.1 Å². The summed E-state index contributed by atoms with van der Waals surface area (Å²) in [6.07, 6.45) is 4.08. The molecule has 16 heavy (non-hydrogen) atoms. The molecule has 5 heteroatoms. The molecule has 0 saturated carbocycles. The Morgan fingerprint density at radius 3 is 2.81 bits per heavy atom. The van der Waals surface area contributed by atoms with Crippen LogP contribution in [0.5, 0.6) is 0 Å². The van der Waals surface area contributed by atoms with Crippen molar-refractivity contribution in [2.75, 3.05) is 6.54 Å². The van der Waals surface area contributed by atoms with Crippen LogP contribution in [0.15, 0.2) is 12.4 Å². The first kappa shape index (κ1) is 12.7. The molecule has 1 amide bonds. The molecule has 1 rings (SSSR count). The summed E-state index contributed by atoms with van der Waals surface area (Å²) in [6, 6.07) is 0. The Morgan fingerprint density at radius 1 is 1.62 bits per heavy atom. The third-order valence-corrected chi connectivity index (χ3v) is 2.04. The van der Waals surface area contributed by atoms with E-state index in [2.05, 4.69) is 10.4 Å². The first-order valence-electron chi connectivity index (χ1n) is 5.41. The lowest BCUT2D eigenvalue weighted by Crippen LogP contribution is -2.39. The van der Waals surface area contributed by atoms with E-state index >= 15 is 0 Å². The monoisotopic (exact) mass is 224 g/mol. The molecule has 0 unspecified atom stereocenters. The molecule has 1 aromatic heterocycles. The fourth-order valence-corrected chi connectivity index (χ4v) is 1.38. The molecular weight excluding hydrogens is 204 g/mol. The summed E-state index contributed by atoms with van der Waals surface area (Å²) in [4.78, 5) is 11.4. The van der Waals surface area contributed by atoms with Gasteiger partial charge in [0, 0.05) is 24.7 Å². The number of carbonyl (C=O) groups is 1. The van der Waals surface area contributed by atoms with E-state index in [9.17, 15) is 4.79 Å². The first-order valence-corrected chi connectivity index (χ1v) is 5.41. The minimum absolute atomic E-state index is 0.0172. The summed E-state index contributed by atoms with van der Waals surface area (Å²) in [6.45, 7) is 6.92. The van der Waals surface area contributed by atoms with E-state index in [0.717, 1.165) is 5.56 Å². The molecule has 1 heterocycles. The fraction of sp³-hybridized carbons (Fsp3) is 0.636. The second-order valence-corrected chi connectivity index (χ2v) is 4.80. The molecule has 3 N–H and O–H groups in total. The number of aromatic nitrogens is 2. The lowest BCUT2D eigenvalue weighted by Gasteiger charge is -2.17. The normalized spacial score (nSPS) is 11.5. The van der Waals surface area contributed by atoms with Crippen molar-refractivity contribution in [2.24, 2.45) is 5.73 Å². The Labute approximate surface area is 96.0 Å². The summed E-state index contributed by atoms with van der Waals surface area (Å²) in [5.74, 6) is -0.0172. The molecule has 0 aliphatic rings. The van der Waals surface area contributed by atoms with Crippen LogP contribution in [0.4, 0.5) is 0 Å². The van der Waals surface area contributed by atoms with Crippen LogP contribution in [0.1, 0.15) is 25.8 Å². The highest BCUT2D eigenvalue weighted by molar-refractivity contribution is 5.76. The Balaban J connectivity index is 2.23. The van der Waals surface area contributed by atoms with Gasteiger partial charge >= 0.3 is 0 Å². The molecule has 0 bridgehead atoms. The highest BCUT2D eigenvalue weighted by Gasteiger charge is 2.15. The Hall–Kier alpha value is -1.36. The van der Waals surface area contributed by atoms with Gasteiger partial charge in [-0.15, -0.1) is 0 Å². The van der Waals surface area contributed by atoms with Crippen LogP contribution in [0.25, 0.3) is 0 Å². The number of amides is 1. The van der Waals surface area contributed by atoms with Crippen LogP contribution < -0.4 is 11.1 Å². The van der Waals surface area contributed by atoms with E-state index in [4.69, 9.17) is 5.73 Å². The Bertz CT molecular complexity index is 351. The summed E-state index contributed by atoms with van der Waals surface area (Å²) in [7, 11) is 0. The van der Waals surface area contributed by atoms with Crippen molar-refractivity contribution >= 4 is 5.91 Å². The molecule has 0 fully saturated rings.